The van der Waals surface area contributed by atoms with Gasteiger partial charge in [-0.1, -0.05) is 0 Å². The standard InChI is InChI=1S/C16H26N4OS/c1-12-10-13(4-6-17-12)15(21)18-7-5-14-11-22-16(19-14)20-8-2-3-9-20/h11-13,17H,2-10H2,1H3,(H,18,21)/t12-,13-/m0/s1. The van der Waals surface area contributed by atoms with Gasteiger partial charge in [0.25, 0.3) is 0 Å². The van der Waals surface area contributed by atoms with E-state index in [1.807, 2.05) is 0 Å². The fourth-order valence-corrected chi connectivity index (χ4v) is 4.21. The van der Waals surface area contributed by atoms with E-state index in [2.05, 4.69) is 27.8 Å². The molecular formula is C16H26N4OS. The number of hydrogen-bond acceptors (Lipinski definition) is 5. The van der Waals surface area contributed by atoms with E-state index in [9.17, 15) is 4.79 Å². The molecule has 3 heterocycles. The molecule has 0 aromatic carbocycles. The molecule has 2 atom stereocenters. The van der Waals surface area contributed by atoms with Crippen molar-refractivity contribution in [2.24, 2.45) is 5.92 Å². The van der Waals surface area contributed by atoms with Gasteiger partial charge in [-0.05, 0) is 39.2 Å². The maximum atomic E-state index is 12.2. The van der Waals surface area contributed by atoms with Crippen molar-refractivity contribution >= 4 is 22.4 Å². The molecule has 0 saturated carbocycles. The van der Waals surface area contributed by atoms with Crippen molar-refractivity contribution in [1.82, 2.24) is 15.6 Å². The van der Waals surface area contributed by atoms with E-state index in [0.717, 1.165) is 49.7 Å². The summed E-state index contributed by atoms with van der Waals surface area (Å²) in [5, 5.41) is 9.75. The van der Waals surface area contributed by atoms with Crippen LogP contribution in [0.1, 0.15) is 38.3 Å². The first-order chi connectivity index (χ1) is 10.7. The number of amides is 1. The number of anilines is 1. The van der Waals surface area contributed by atoms with Gasteiger partial charge in [0, 0.05) is 43.4 Å². The molecule has 6 heteroatoms. The Bertz CT molecular complexity index is 498. The Balaban J connectivity index is 1.41. The lowest BCUT2D eigenvalue weighted by Gasteiger charge is -2.27. The van der Waals surface area contributed by atoms with Gasteiger partial charge in [-0.3, -0.25) is 4.79 Å². The number of thiazole rings is 1. The molecule has 0 spiro atoms. The number of carbonyl (C=O) groups is 1. The van der Waals surface area contributed by atoms with Crippen LogP contribution in [0, 0.1) is 5.92 Å². The molecule has 5 nitrogen and oxygen atoms in total. The van der Waals surface area contributed by atoms with Crippen molar-refractivity contribution in [3.8, 4) is 0 Å². The van der Waals surface area contributed by atoms with Gasteiger partial charge in [0.15, 0.2) is 5.13 Å². The Morgan fingerprint density at radius 3 is 3.09 bits per heavy atom. The minimum atomic E-state index is 0.173. The first kappa shape index (κ1) is 15.7. The predicted molar refractivity (Wildman–Crippen MR) is 90.5 cm³/mol. The number of nitrogens with one attached hydrogen (secondary N) is 2. The highest BCUT2D eigenvalue weighted by atomic mass is 32.1. The lowest BCUT2D eigenvalue weighted by atomic mass is 9.92. The summed E-state index contributed by atoms with van der Waals surface area (Å²) in [6.07, 6.45) is 5.28. The van der Waals surface area contributed by atoms with Crippen LogP contribution < -0.4 is 15.5 Å². The van der Waals surface area contributed by atoms with Crippen LogP contribution in [0.2, 0.25) is 0 Å². The second-order valence-electron chi connectivity index (χ2n) is 6.43. The largest absolute Gasteiger partial charge is 0.355 e. The Labute approximate surface area is 136 Å². The van der Waals surface area contributed by atoms with Crippen molar-refractivity contribution in [2.75, 3.05) is 31.1 Å². The summed E-state index contributed by atoms with van der Waals surface area (Å²) in [5.74, 6) is 0.384. The van der Waals surface area contributed by atoms with Gasteiger partial charge in [-0.15, -0.1) is 11.3 Å². The number of hydrogen-bond donors (Lipinski definition) is 2. The van der Waals surface area contributed by atoms with E-state index >= 15 is 0 Å². The molecule has 2 fully saturated rings. The Morgan fingerprint density at radius 1 is 1.50 bits per heavy atom. The van der Waals surface area contributed by atoms with E-state index in [0.29, 0.717) is 12.6 Å². The van der Waals surface area contributed by atoms with Crippen molar-refractivity contribution in [3.05, 3.63) is 11.1 Å². The van der Waals surface area contributed by atoms with Crippen molar-refractivity contribution in [2.45, 2.75) is 45.1 Å². The smallest absolute Gasteiger partial charge is 0.223 e. The summed E-state index contributed by atoms with van der Waals surface area (Å²) in [6.45, 7) is 6.06. The first-order valence-corrected chi connectivity index (χ1v) is 9.31. The Morgan fingerprint density at radius 2 is 2.32 bits per heavy atom. The van der Waals surface area contributed by atoms with Gasteiger partial charge in [0.2, 0.25) is 5.91 Å². The minimum Gasteiger partial charge on any atom is -0.355 e. The summed E-state index contributed by atoms with van der Waals surface area (Å²) in [5.41, 5.74) is 1.10. The number of piperidine rings is 1. The predicted octanol–water partition coefficient (Wildman–Crippen LogP) is 1.79. The second kappa shape index (κ2) is 7.42. The summed E-state index contributed by atoms with van der Waals surface area (Å²) in [7, 11) is 0. The molecule has 2 aliphatic heterocycles. The summed E-state index contributed by atoms with van der Waals surface area (Å²) in [4.78, 5) is 19.2. The average molecular weight is 322 g/mol. The zero-order valence-corrected chi connectivity index (χ0v) is 14.1. The lowest BCUT2D eigenvalue weighted by molar-refractivity contribution is -0.126. The van der Waals surface area contributed by atoms with E-state index in [-0.39, 0.29) is 11.8 Å². The van der Waals surface area contributed by atoms with E-state index in [4.69, 9.17) is 4.98 Å². The first-order valence-electron chi connectivity index (χ1n) is 8.43. The third-order valence-electron chi connectivity index (χ3n) is 4.59. The van der Waals surface area contributed by atoms with Crippen LogP contribution in [0.5, 0.6) is 0 Å². The summed E-state index contributed by atoms with van der Waals surface area (Å²) >= 11 is 1.73. The number of rotatable bonds is 5. The van der Waals surface area contributed by atoms with Crippen LogP contribution in [-0.4, -0.2) is 43.1 Å². The fourth-order valence-electron chi connectivity index (χ4n) is 3.29. The van der Waals surface area contributed by atoms with E-state index in [1.54, 1.807) is 11.3 Å². The zero-order chi connectivity index (χ0) is 15.4. The highest BCUT2D eigenvalue weighted by Gasteiger charge is 2.24. The van der Waals surface area contributed by atoms with Crippen LogP contribution in [0.25, 0.3) is 0 Å². The Kier molecular flexibility index (Phi) is 5.31. The van der Waals surface area contributed by atoms with Gasteiger partial charge in [0.1, 0.15) is 0 Å². The molecule has 122 valence electrons. The SMILES string of the molecule is C[C@H]1C[C@@H](C(=O)NCCc2csc(N3CCCC3)n2)CCN1. The highest BCUT2D eigenvalue weighted by molar-refractivity contribution is 7.13. The van der Waals surface area contributed by atoms with Gasteiger partial charge in [-0.25, -0.2) is 4.98 Å². The summed E-state index contributed by atoms with van der Waals surface area (Å²) < 4.78 is 0. The molecule has 0 unspecified atom stereocenters. The topological polar surface area (TPSA) is 57.3 Å². The fraction of sp³-hybridized carbons (Fsp3) is 0.750. The molecule has 2 N–H and O–H groups in total. The van der Waals surface area contributed by atoms with Crippen LogP contribution in [-0.2, 0) is 11.2 Å². The van der Waals surface area contributed by atoms with Crippen molar-refractivity contribution in [3.63, 3.8) is 0 Å². The van der Waals surface area contributed by atoms with Crippen LogP contribution in [0.4, 0.5) is 5.13 Å². The normalized spacial score (nSPS) is 25.4. The third kappa shape index (κ3) is 3.98. The van der Waals surface area contributed by atoms with Gasteiger partial charge >= 0.3 is 0 Å². The number of carbonyl (C=O) groups excluding carboxylic acids is 1. The average Bonchev–Trinajstić information content (AvgIpc) is 3.18. The molecular weight excluding hydrogens is 296 g/mol. The Hall–Kier alpha value is -1.14. The van der Waals surface area contributed by atoms with Gasteiger partial charge in [-0.2, -0.15) is 0 Å². The van der Waals surface area contributed by atoms with E-state index < -0.39 is 0 Å². The molecule has 22 heavy (non-hydrogen) atoms. The lowest BCUT2D eigenvalue weighted by Crippen LogP contribution is -2.42. The highest BCUT2D eigenvalue weighted by Crippen LogP contribution is 2.24. The molecule has 1 aromatic rings. The second-order valence-corrected chi connectivity index (χ2v) is 7.27. The number of nitrogens with zero attached hydrogens (tertiary/aromatic N) is 2. The quantitative estimate of drug-likeness (QED) is 0.868. The zero-order valence-electron chi connectivity index (χ0n) is 13.3. The van der Waals surface area contributed by atoms with E-state index in [1.165, 1.54) is 12.8 Å². The molecule has 3 rings (SSSR count). The molecule has 0 radical (unpaired) electrons. The maximum Gasteiger partial charge on any atom is 0.223 e. The monoisotopic (exact) mass is 322 g/mol. The van der Waals surface area contributed by atoms with Crippen LogP contribution in [0.15, 0.2) is 5.38 Å². The van der Waals surface area contributed by atoms with Crippen LogP contribution >= 0.6 is 11.3 Å². The van der Waals surface area contributed by atoms with Crippen molar-refractivity contribution < 1.29 is 4.79 Å². The maximum absolute atomic E-state index is 12.2. The molecule has 1 amide bonds. The van der Waals surface area contributed by atoms with Gasteiger partial charge in [0.05, 0.1) is 5.69 Å². The van der Waals surface area contributed by atoms with Crippen LogP contribution in [0.3, 0.4) is 0 Å². The molecule has 0 bridgehead atoms. The molecule has 0 aliphatic carbocycles. The molecule has 1 aromatic heterocycles. The summed E-state index contributed by atoms with van der Waals surface area (Å²) in [6, 6.07) is 0.450. The third-order valence-corrected chi connectivity index (χ3v) is 5.54. The van der Waals surface area contributed by atoms with Crippen molar-refractivity contribution in [1.29, 1.82) is 0 Å². The molecule has 2 saturated heterocycles. The minimum absolute atomic E-state index is 0.173. The number of aromatic nitrogens is 1. The molecule has 2 aliphatic rings. The van der Waals surface area contributed by atoms with Gasteiger partial charge < -0.3 is 15.5 Å².